The first-order valence-corrected chi connectivity index (χ1v) is 10.7. The second-order valence-electron chi connectivity index (χ2n) is 6.98. The summed E-state index contributed by atoms with van der Waals surface area (Å²) in [7, 11) is -0.0927. The van der Waals surface area contributed by atoms with Crippen molar-refractivity contribution in [2.45, 2.75) is 18.6 Å². The third-order valence-electron chi connectivity index (χ3n) is 4.61. The monoisotopic (exact) mass is 402 g/mol. The van der Waals surface area contributed by atoms with Gasteiger partial charge in [-0.05, 0) is 25.0 Å². The van der Waals surface area contributed by atoms with Crippen LogP contribution in [0.4, 0.5) is 17.5 Å². The molecule has 0 atom stereocenters. The van der Waals surface area contributed by atoms with E-state index in [0.29, 0.717) is 34.1 Å². The summed E-state index contributed by atoms with van der Waals surface area (Å²) < 4.78 is 33.3. The third kappa shape index (κ3) is 3.72. The molecule has 28 heavy (non-hydrogen) atoms. The van der Waals surface area contributed by atoms with Crippen molar-refractivity contribution in [1.82, 2.24) is 15.1 Å². The van der Waals surface area contributed by atoms with Gasteiger partial charge in [-0.15, -0.1) is 0 Å². The Morgan fingerprint density at radius 2 is 1.96 bits per heavy atom. The summed E-state index contributed by atoms with van der Waals surface area (Å²) in [4.78, 5) is 12.8. The first-order valence-electron chi connectivity index (χ1n) is 9.06. The Morgan fingerprint density at radius 3 is 2.71 bits per heavy atom. The van der Waals surface area contributed by atoms with E-state index in [1.54, 1.807) is 17.0 Å². The third-order valence-corrected chi connectivity index (χ3v) is 5.80. The number of aromatic nitrogens is 3. The van der Waals surface area contributed by atoms with E-state index in [9.17, 15) is 8.42 Å². The van der Waals surface area contributed by atoms with Gasteiger partial charge < -0.3 is 14.3 Å². The summed E-state index contributed by atoms with van der Waals surface area (Å²) in [5.74, 6) is 0.835. The number of nitrogens with one attached hydrogen (secondary N) is 1. The molecule has 0 amide bonds. The Balaban J connectivity index is 1.59. The van der Waals surface area contributed by atoms with Gasteiger partial charge in [-0.3, -0.25) is 4.72 Å². The van der Waals surface area contributed by atoms with E-state index < -0.39 is 10.0 Å². The van der Waals surface area contributed by atoms with Crippen molar-refractivity contribution in [3.63, 3.8) is 0 Å². The molecule has 0 saturated carbocycles. The molecule has 1 aliphatic rings. The highest BCUT2D eigenvalue weighted by Gasteiger charge is 2.22. The number of anilines is 3. The van der Waals surface area contributed by atoms with E-state index in [1.165, 1.54) is 6.20 Å². The Kier molecular flexibility index (Phi) is 4.80. The van der Waals surface area contributed by atoms with Crippen LogP contribution in [0.25, 0.3) is 11.0 Å². The van der Waals surface area contributed by atoms with E-state index in [2.05, 4.69) is 24.7 Å². The minimum Gasteiger partial charge on any atom is -0.361 e. The highest BCUT2D eigenvalue weighted by atomic mass is 32.2. The van der Waals surface area contributed by atoms with Gasteiger partial charge in [0.25, 0.3) is 0 Å². The Bertz CT molecular complexity index is 1090. The molecule has 0 aliphatic carbocycles. The number of hydrogen-bond acceptors (Lipinski definition) is 8. The van der Waals surface area contributed by atoms with E-state index in [4.69, 9.17) is 4.52 Å². The maximum atomic E-state index is 12.7. The van der Waals surface area contributed by atoms with Crippen molar-refractivity contribution < 1.29 is 12.9 Å². The number of hydrogen-bond donors (Lipinski definition) is 1. The number of sulfonamides is 1. The van der Waals surface area contributed by atoms with Crippen LogP contribution in [0.1, 0.15) is 18.5 Å². The molecule has 0 spiro atoms. The average Bonchev–Trinajstić information content (AvgIpc) is 3.32. The second kappa shape index (κ2) is 7.27. The molecule has 1 saturated heterocycles. The van der Waals surface area contributed by atoms with Crippen LogP contribution in [0.5, 0.6) is 0 Å². The Hall–Kier alpha value is -2.88. The summed E-state index contributed by atoms with van der Waals surface area (Å²) in [6.45, 7) is 1.83. The van der Waals surface area contributed by atoms with Gasteiger partial charge in [0.1, 0.15) is 17.1 Å². The maximum absolute atomic E-state index is 12.7. The fraction of sp³-hybridized carbons (Fsp3) is 0.389. The maximum Gasteiger partial charge on any atom is 0.238 e. The lowest BCUT2D eigenvalue weighted by molar-refractivity contribution is 0.448. The first kappa shape index (κ1) is 18.5. The van der Waals surface area contributed by atoms with Crippen LogP contribution in [0.15, 0.2) is 35.0 Å². The van der Waals surface area contributed by atoms with E-state index >= 15 is 0 Å². The molecule has 10 heteroatoms. The number of fused-ring (bicyclic) bond motifs is 1. The molecule has 3 aromatic rings. The van der Waals surface area contributed by atoms with Gasteiger partial charge in [0.2, 0.25) is 16.0 Å². The van der Waals surface area contributed by atoms with Crippen LogP contribution >= 0.6 is 0 Å². The molecule has 1 aromatic carbocycles. The lowest BCUT2D eigenvalue weighted by atomic mass is 10.2. The van der Waals surface area contributed by atoms with Crippen LogP contribution in [0, 0.1) is 0 Å². The summed E-state index contributed by atoms with van der Waals surface area (Å²) in [5.41, 5.74) is 1.25. The van der Waals surface area contributed by atoms with Crippen LogP contribution in [0.3, 0.4) is 0 Å². The number of rotatable bonds is 6. The zero-order valence-corrected chi connectivity index (χ0v) is 16.6. The quantitative estimate of drug-likeness (QED) is 0.669. The molecule has 0 bridgehead atoms. The van der Waals surface area contributed by atoms with E-state index in [-0.39, 0.29) is 5.75 Å². The molecule has 0 unspecified atom stereocenters. The van der Waals surface area contributed by atoms with Gasteiger partial charge in [0, 0.05) is 32.6 Å². The minimum atomic E-state index is -3.73. The molecule has 2 aromatic heterocycles. The van der Waals surface area contributed by atoms with Crippen molar-refractivity contribution >= 4 is 38.4 Å². The summed E-state index contributed by atoms with van der Waals surface area (Å²) in [6.07, 6.45) is 3.75. The number of benzene rings is 1. The molecule has 1 aliphatic heterocycles. The average molecular weight is 402 g/mol. The van der Waals surface area contributed by atoms with Crippen LogP contribution in [0.2, 0.25) is 0 Å². The predicted octanol–water partition coefficient (Wildman–Crippen LogP) is 2.23. The molecule has 1 fully saturated rings. The lowest BCUT2D eigenvalue weighted by Gasteiger charge is -2.21. The number of nitrogens with zero attached hydrogens (tertiary/aromatic N) is 5. The van der Waals surface area contributed by atoms with Crippen LogP contribution in [-0.2, 0) is 15.8 Å². The molecular weight excluding hydrogens is 380 g/mol. The Morgan fingerprint density at radius 1 is 1.21 bits per heavy atom. The van der Waals surface area contributed by atoms with Gasteiger partial charge in [-0.1, -0.05) is 17.3 Å². The van der Waals surface area contributed by atoms with E-state index in [0.717, 1.165) is 25.9 Å². The zero-order valence-electron chi connectivity index (χ0n) is 15.8. The Labute approximate surface area is 163 Å². The smallest absolute Gasteiger partial charge is 0.238 e. The fourth-order valence-corrected chi connectivity index (χ4v) is 4.39. The lowest BCUT2D eigenvalue weighted by Crippen LogP contribution is -2.24. The summed E-state index contributed by atoms with van der Waals surface area (Å²) in [6, 6.07) is 7.17. The largest absolute Gasteiger partial charge is 0.361 e. The molecule has 148 valence electrons. The van der Waals surface area contributed by atoms with Crippen LogP contribution in [-0.4, -0.2) is 50.7 Å². The van der Waals surface area contributed by atoms with Crippen LogP contribution < -0.4 is 14.5 Å². The van der Waals surface area contributed by atoms with Crippen molar-refractivity contribution in [1.29, 1.82) is 0 Å². The molecular formula is C18H22N6O3S. The molecule has 4 rings (SSSR count). The minimum absolute atomic E-state index is 0.301. The van der Waals surface area contributed by atoms with Gasteiger partial charge in [-0.2, -0.15) is 4.98 Å². The van der Waals surface area contributed by atoms with Crippen molar-refractivity contribution in [2.24, 2.45) is 0 Å². The van der Waals surface area contributed by atoms with Crippen molar-refractivity contribution in [2.75, 3.05) is 41.7 Å². The second-order valence-corrected chi connectivity index (χ2v) is 8.70. The first-order chi connectivity index (χ1) is 13.4. The molecule has 3 heterocycles. The van der Waals surface area contributed by atoms with Gasteiger partial charge in [0.05, 0.1) is 6.20 Å². The SMILES string of the molecule is CN(C)c1nc(N2CCCC2)ncc1NS(=O)(=O)Cc1noc2ccccc12. The standard InChI is InChI=1S/C18H22N6O3S/c1-23(2)17-14(11-19-18(20-17)24-9-5-6-10-24)22-28(25,26)12-15-13-7-3-4-8-16(13)27-21-15/h3-4,7-8,11,22H,5-6,9-10,12H2,1-2H3. The fourth-order valence-electron chi connectivity index (χ4n) is 3.27. The van der Waals surface area contributed by atoms with E-state index in [1.807, 2.05) is 26.2 Å². The highest BCUT2D eigenvalue weighted by Crippen LogP contribution is 2.27. The van der Waals surface area contributed by atoms with Crippen molar-refractivity contribution in [3.8, 4) is 0 Å². The van der Waals surface area contributed by atoms with Gasteiger partial charge in [0.15, 0.2) is 11.4 Å². The molecule has 9 nitrogen and oxygen atoms in total. The number of para-hydroxylation sites is 1. The summed E-state index contributed by atoms with van der Waals surface area (Å²) >= 11 is 0. The normalized spacial score (nSPS) is 14.6. The van der Waals surface area contributed by atoms with Gasteiger partial charge >= 0.3 is 0 Å². The molecule has 0 radical (unpaired) electrons. The molecule has 1 N–H and O–H groups in total. The van der Waals surface area contributed by atoms with Gasteiger partial charge in [-0.25, -0.2) is 13.4 Å². The topological polar surface area (TPSA) is 104 Å². The highest BCUT2D eigenvalue weighted by molar-refractivity contribution is 7.91. The van der Waals surface area contributed by atoms with Crippen molar-refractivity contribution in [3.05, 3.63) is 36.2 Å². The summed E-state index contributed by atoms with van der Waals surface area (Å²) in [5, 5.41) is 4.59. The zero-order chi connectivity index (χ0) is 19.7. The predicted molar refractivity (Wildman–Crippen MR) is 108 cm³/mol.